The molecule has 1 N–H and O–H groups in total. The summed E-state index contributed by atoms with van der Waals surface area (Å²) < 4.78 is 33.5. The van der Waals surface area contributed by atoms with E-state index in [1.165, 1.54) is 42.5 Å². The maximum Gasteiger partial charge on any atom is 0.338 e. The second-order valence-corrected chi connectivity index (χ2v) is 11.0. The number of esters is 1. The van der Waals surface area contributed by atoms with E-state index in [2.05, 4.69) is 21.2 Å². The molecule has 0 radical (unpaired) electrons. The Bertz CT molecular complexity index is 1320. The minimum Gasteiger partial charge on any atom is -0.462 e. The molecule has 1 amide bonds. The van der Waals surface area contributed by atoms with Crippen LogP contribution < -0.4 is 5.32 Å². The predicted molar refractivity (Wildman–Crippen MR) is 139 cm³/mol. The first-order valence-electron chi connectivity index (χ1n) is 10.4. The lowest BCUT2D eigenvalue weighted by molar-refractivity contribution is -0.116. The fourth-order valence-electron chi connectivity index (χ4n) is 3.09. The fraction of sp³-hybridized carbons (Fsp3) is 0.167. The maximum absolute atomic E-state index is 13.4. The number of halogens is 3. The third kappa shape index (κ3) is 7.28. The molecule has 0 bridgehead atoms. The molecule has 0 aromatic heterocycles. The highest BCUT2D eigenvalue weighted by molar-refractivity contribution is 9.10. The van der Waals surface area contributed by atoms with Crippen molar-refractivity contribution in [3.8, 4) is 0 Å². The summed E-state index contributed by atoms with van der Waals surface area (Å²) in [6, 6.07) is 16.9. The highest BCUT2D eigenvalue weighted by Gasteiger charge is 2.28. The molecule has 0 saturated heterocycles. The van der Waals surface area contributed by atoms with Gasteiger partial charge in [-0.3, -0.25) is 4.79 Å². The van der Waals surface area contributed by atoms with Gasteiger partial charge in [-0.25, -0.2) is 13.2 Å². The van der Waals surface area contributed by atoms with Crippen molar-refractivity contribution >= 4 is 66.7 Å². The Hall–Kier alpha value is -2.43. The zero-order valence-electron chi connectivity index (χ0n) is 18.5. The van der Waals surface area contributed by atoms with Crippen LogP contribution in [0.15, 0.2) is 76.1 Å². The van der Waals surface area contributed by atoms with Crippen LogP contribution in [0.1, 0.15) is 22.8 Å². The van der Waals surface area contributed by atoms with E-state index < -0.39 is 28.4 Å². The number of rotatable bonds is 9. The van der Waals surface area contributed by atoms with Crippen LogP contribution in [0.4, 0.5) is 5.69 Å². The molecule has 0 aliphatic rings. The zero-order chi connectivity index (χ0) is 25.6. The van der Waals surface area contributed by atoms with E-state index >= 15 is 0 Å². The van der Waals surface area contributed by atoms with Crippen LogP contribution >= 0.6 is 39.1 Å². The average Bonchev–Trinajstić information content (AvgIpc) is 2.81. The van der Waals surface area contributed by atoms with Gasteiger partial charge in [-0.15, -0.1) is 0 Å². The molecule has 0 heterocycles. The lowest BCUT2D eigenvalue weighted by Gasteiger charge is -2.22. The SMILES string of the molecule is CCOC(=O)c1ccc(NC(=O)CN(Cc2ccc(Cl)cc2Cl)S(=O)(=O)c2ccc(Br)cc2)cc1. The Morgan fingerprint density at radius 3 is 2.26 bits per heavy atom. The zero-order valence-corrected chi connectivity index (χ0v) is 22.4. The normalized spacial score (nSPS) is 11.3. The van der Waals surface area contributed by atoms with Crippen molar-refractivity contribution in [2.75, 3.05) is 18.5 Å². The topological polar surface area (TPSA) is 92.8 Å². The second kappa shape index (κ2) is 12.0. The number of carbonyl (C=O) groups is 2. The van der Waals surface area contributed by atoms with E-state index in [1.807, 2.05) is 0 Å². The van der Waals surface area contributed by atoms with Gasteiger partial charge in [0.05, 0.1) is 23.6 Å². The molecular weight excluding hydrogens is 579 g/mol. The number of nitrogens with zero attached hydrogens (tertiary/aromatic N) is 1. The number of benzene rings is 3. The molecule has 35 heavy (non-hydrogen) atoms. The van der Waals surface area contributed by atoms with Gasteiger partial charge in [-0.05, 0) is 73.2 Å². The molecule has 0 fully saturated rings. The summed E-state index contributed by atoms with van der Waals surface area (Å²) in [6.07, 6.45) is 0. The van der Waals surface area contributed by atoms with Crippen LogP contribution in [0.5, 0.6) is 0 Å². The van der Waals surface area contributed by atoms with Crippen LogP contribution in [-0.4, -0.2) is 37.8 Å². The largest absolute Gasteiger partial charge is 0.462 e. The van der Waals surface area contributed by atoms with Crippen molar-refractivity contribution in [3.63, 3.8) is 0 Å². The molecule has 3 aromatic rings. The molecule has 0 saturated carbocycles. The highest BCUT2D eigenvalue weighted by Crippen LogP contribution is 2.26. The van der Waals surface area contributed by atoms with Gasteiger partial charge in [-0.2, -0.15) is 4.31 Å². The van der Waals surface area contributed by atoms with Crippen molar-refractivity contribution in [3.05, 3.63) is 92.4 Å². The van der Waals surface area contributed by atoms with E-state index in [-0.39, 0.29) is 23.1 Å². The first kappa shape index (κ1) is 27.2. The van der Waals surface area contributed by atoms with Crippen molar-refractivity contribution in [1.29, 1.82) is 0 Å². The Balaban J connectivity index is 1.83. The number of amides is 1. The third-order valence-electron chi connectivity index (χ3n) is 4.81. The second-order valence-electron chi connectivity index (χ2n) is 7.31. The van der Waals surface area contributed by atoms with Crippen LogP contribution in [0.25, 0.3) is 0 Å². The summed E-state index contributed by atoms with van der Waals surface area (Å²) in [7, 11) is -4.06. The summed E-state index contributed by atoms with van der Waals surface area (Å²) in [5.41, 5.74) is 1.22. The van der Waals surface area contributed by atoms with Gasteiger partial charge in [0, 0.05) is 26.8 Å². The summed E-state index contributed by atoms with van der Waals surface area (Å²) in [6.45, 7) is 1.33. The molecule has 0 atom stereocenters. The van der Waals surface area contributed by atoms with E-state index in [1.54, 1.807) is 31.2 Å². The summed E-state index contributed by atoms with van der Waals surface area (Å²) in [4.78, 5) is 24.7. The van der Waals surface area contributed by atoms with Gasteiger partial charge in [-0.1, -0.05) is 45.2 Å². The molecule has 3 aromatic carbocycles. The first-order chi connectivity index (χ1) is 16.6. The Labute approximate surface area is 222 Å². The quantitative estimate of drug-likeness (QED) is 0.316. The fourth-order valence-corrected chi connectivity index (χ4v) is 5.19. The molecule has 7 nitrogen and oxygen atoms in total. The molecule has 0 unspecified atom stereocenters. The summed E-state index contributed by atoms with van der Waals surface area (Å²) in [5, 5.41) is 3.34. The average molecular weight is 600 g/mol. The number of anilines is 1. The van der Waals surface area contributed by atoms with Gasteiger partial charge in [0.25, 0.3) is 0 Å². The molecule has 0 spiro atoms. The van der Waals surface area contributed by atoms with Gasteiger partial charge in [0.15, 0.2) is 0 Å². The first-order valence-corrected chi connectivity index (χ1v) is 13.4. The van der Waals surface area contributed by atoms with Crippen LogP contribution in [-0.2, 0) is 26.1 Å². The standard InChI is InChI=1S/C24H21BrCl2N2O5S/c1-2-34-24(31)16-4-9-20(10-5-16)28-23(30)15-29(14-17-3-8-19(26)13-22(17)27)35(32,33)21-11-6-18(25)7-12-21/h3-13H,2,14-15H2,1H3,(H,28,30). The number of ether oxygens (including phenoxy) is 1. The lowest BCUT2D eigenvalue weighted by atomic mass is 10.2. The Kier molecular flexibility index (Phi) is 9.32. The van der Waals surface area contributed by atoms with E-state index in [9.17, 15) is 18.0 Å². The van der Waals surface area contributed by atoms with Gasteiger partial charge in [0.2, 0.25) is 15.9 Å². The number of nitrogens with one attached hydrogen (secondary N) is 1. The molecule has 0 aliphatic carbocycles. The van der Waals surface area contributed by atoms with E-state index in [0.717, 1.165) is 4.31 Å². The van der Waals surface area contributed by atoms with Crippen molar-refractivity contribution < 1.29 is 22.7 Å². The minimum atomic E-state index is -4.06. The monoisotopic (exact) mass is 598 g/mol. The Morgan fingerprint density at radius 1 is 1.00 bits per heavy atom. The van der Waals surface area contributed by atoms with Crippen molar-refractivity contribution in [1.82, 2.24) is 4.31 Å². The Morgan fingerprint density at radius 2 is 1.66 bits per heavy atom. The predicted octanol–water partition coefficient (Wildman–Crippen LogP) is 5.76. The number of hydrogen-bond acceptors (Lipinski definition) is 5. The van der Waals surface area contributed by atoms with Gasteiger partial charge < -0.3 is 10.1 Å². The van der Waals surface area contributed by atoms with E-state index in [4.69, 9.17) is 27.9 Å². The number of hydrogen-bond donors (Lipinski definition) is 1. The van der Waals surface area contributed by atoms with Gasteiger partial charge in [0.1, 0.15) is 0 Å². The van der Waals surface area contributed by atoms with Crippen LogP contribution in [0, 0.1) is 0 Å². The van der Waals surface area contributed by atoms with E-state index in [0.29, 0.717) is 26.3 Å². The van der Waals surface area contributed by atoms with Crippen LogP contribution in [0.2, 0.25) is 10.0 Å². The third-order valence-corrected chi connectivity index (χ3v) is 7.73. The smallest absolute Gasteiger partial charge is 0.338 e. The summed E-state index contributed by atoms with van der Waals surface area (Å²) >= 11 is 15.5. The molecule has 3 rings (SSSR count). The number of sulfonamides is 1. The van der Waals surface area contributed by atoms with Gasteiger partial charge >= 0.3 is 5.97 Å². The molecule has 0 aliphatic heterocycles. The minimum absolute atomic E-state index is 0.0253. The lowest BCUT2D eigenvalue weighted by Crippen LogP contribution is -2.37. The number of carbonyl (C=O) groups excluding carboxylic acids is 2. The van der Waals surface area contributed by atoms with Crippen molar-refractivity contribution in [2.24, 2.45) is 0 Å². The summed E-state index contributed by atoms with van der Waals surface area (Å²) in [5.74, 6) is -1.04. The molecular formula is C24H21BrCl2N2O5S. The van der Waals surface area contributed by atoms with Crippen LogP contribution in [0.3, 0.4) is 0 Å². The molecule has 11 heteroatoms. The highest BCUT2D eigenvalue weighted by atomic mass is 79.9. The molecule has 184 valence electrons. The maximum atomic E-state index is 13.4. The van der Waals surface area contributed by atoms with Crippen molar-refractivity contribution in [2.45, 2.75) is 18.4 Å².